The van der Waals surface area contributed by atoms with Gasteiger partial charge in [-0.1, -0.05) is 24.3 Å². The summed E-state index contributed by atoms with van der Waals surface area (Å²) >= 11 is 0. The Balaban J connectivity index is 1.31. The van der Waals surface area contributed by atoms with Gasteiger partial charge in [-0.3, -0.25) is 14.4 Å². The average molecular weight is 682 g/mol. The number of amides is 1. The Bertz CT molecular complexity index is 1640. The molecule has 0 spiro atoms. The Morgan fingerprint density at radius 3 is 2.33 bits per heavy atom. The quantitative estimate of drug-likeness (QED) is 0.121. The zero-order valence-electron chi connectivity index (χ0n) is 27.9. The van der Waals surface area contributed by atoms with Crippen LogP contribution >= 0.6 is 0 Å². The minimum atomic E-state index is -2.93. The van der Waals surface area contributed by atoms with Crippen molar-refractivity contribution < 1.29 is 46.5 Å². The number of hydrogen-bond donors (Lipinski definition) is 0. The standard InChI is InChI=1S/C38H42F3NO7/c1-3-46-35(43)12-7-17-48-34-11-6-10-32(33(34)13-14-36(44)47-4-2)27-21-31(22-27)49-30-20-26(25-8-5-9-29(39)19-25)18-28(23-30)37(45)42-16-15-38(40,41)24-42/h5-6,8-11,18-20,23,27,31H,3-4,7,12-17,21-22,24H2,1-2H3. The summed E-state index contributed by atoms with van der Waals surface area (Å²) in [6, 6.07) is 16.6. The van der Waals surface area contributed by atoms with Gasteiger partial charge in [0.15, 0.2) is 0 Å². The molecule has 3 aromatic rings. The number of nitrogens with zero attached hydrogens (tertiary/aromatic N) is 1. The Kier molecular flexibility index (Phi) is 11.9. The summed E-state index contributed by atoms with van der Waals surface area (Å²) in [6.07, 6.45) is 2.01. The van der Waals surface area contributed by atoms with Gasteiger partial charge in [0.25, 0.3) is 11.8 Å². The van der Waals surface area contributed by atoms with Crippen LogP contribution in [0, 0.1) is 5.82 Å². The van der Waals surface area contributed by atoms with Crippen molar-refractivity contribution in [2.75, 3.05) is 32.9 Å². The Morgan fingerprint density at radius 1 is 0.898 bits per heavy atom. The topological polar surface area (TPSA) is 91.4 Å². The van der Waals surface area contributed by atoms with E-state index in [-0.39, 0.29) is 55.5 Å². The molecule has 2 fully saturated rings. The van der Waals surface area contributed by atoms with Gasteiger partial charge in [0.2, 0.25) is 0 Å². The predicted molar refractivity (Wildman–Crippen MR) is 176 cm³/mol. The van der Waals surface area contributed by atoms with Crippen molar-refractivity contribution in [1.82, 2.24) is 4.90 Å². The van der Waals surface area contributed by atoms with E-state index in [0.29, 0.717) is 61.5 Å². The Labute approximate surface area is 284 Å². The second kappa shape index (κ2) is 16.2. The zero-order valence-corrected chi connectivity index (χ0v) is 27.9. The van der Waals surface area contributed by atoms with E-state index in [0.717, 1.165) is 16.0 Å². The Hall–Kier alpha value is -4.54. The van der Waals surface area contributed by atoms with Gasteiger partial charge in [-0.15, -0.1) is 0 Å². The van der Waals surface area contributed by atoms with E-state index >= 15 is 0 Å². The summed E-state index contributed by atoms with van der Waals surface area (Å²) in [4.78, 5) is 38.5. The molecule has 0 unspecified atom stereocenters. The number of ether oxygens (including phenoxy) is 4. The molecule has 262 valence electrons. The van der Waals surface area contributed by atoms with Gasteiger partial charge in [0, 0.05) is 31.4 Å². The van der Waals surface area contributed by atoms with Crippen LogP contribution in [0.15, 0.2) is 60.7 Å². The highest BCUT2D eigenvalue weighted by atomic mass is 19.3. The first-order valence-corrected chi connectivity index (χ1v) is 16.9. The smallest absolute Gasteiger partial charge is 0.306 e. The molecule has 0 radical (unpaired) electrons. The fourth-order valence-corrected chi connectivity index (χ4v) is 6.29. The molecule has 49 heavy (non-hydrogen) atoms. The number of carbonyl (C=O) groups excluding carboxylic acids is 3. The molecule has 11 heteroatoms. The van der Waals surface area contributed by atoms with Crippen LogP contribution in [0.5, 0.6) is 11.5 Å². The van der Waals surface area contributed by atoms with Crippen molar-refractivity contribution in [2.24, 2.45) is 0 Å². The van der Waals surface area contributed by atoms with Crippen molar-refractivity contribution in [3.63, 3.8) is 0 Å². The van der Waals surface area contributed by atoms with Crippen molar-refractivity contribution in [3.8, 4) is 22.6 Å². The number of halogens is 3. The summed E-state index contributed by atoms with van der Waals surface area (Å²) < 4.78 is 64.6. The molecule has 8 nitrogen and oxygen atoms in total. The number of hydrogen-bond acceptors (Lipinski definition) is 7. The molecule has 5 rings (SSSR count). The number of benzene rings is 3. The third-order valence-electron chi connectivity index (χ3n) is 8.75. The third-order valence-corrected chi connectivity index (χ3v) is 8.75. The van der Waals surface area contributed by atoms with Gasteiger partial charge in [-0.2, -0.15) is 0 Å². The number of esters is 2. The van der Waals surface area contributed by atoms with Gasteiger partial charge in [0.1, 0.15) is 17.3 Å². The lowest BCUT2D eigenvalue weighted by Gasteiger charge is -2.37. The maximum atomic E-state index is 14.1. The molecular weight excluding hydrogens is 639 g/mol. The molecule has 1 heterocycles. The van der Waals surface area contributed by atoms with Gasteiger partial charge in [0.05, 0.1) is 32.5 Å². The summed E-state index contributed by atoms with van der Waals surface area (Å²) in [5.41, 5.74) is 3.20. The largest absolute Gasteiger partial charge is 0.493 e. The molecule has 1 aliphatic heterocycles. The number of likely N-dealkylation sites (tertiary alicyclic amines) is 1. The normalized spacial score (nSPS) is 18.0. The summed E-state index contributed by atoms with van der Waals surface area (Å²) in [7, 11) is 0. The summed E-state index contributed by atoms with van der Waals surface area (Å²) in [5, 5.41) is 0. The van der Waals surface area contributed by atoms with Crippen LogP contribution in [-0.4, -0.2) is 67.7 Å². The maximum absolute atomic E-state index is 14.1. The van der Waals surface area contributed by atoms with Crippen LogP contribution in [-0.2, 0) is 25.5 Å². The van der Waals surface area contributed by atoms with Crippen LogP contribution in [0.2, 0.25) is 0 Å². The highest BCUT2D eigenvalue weighted by molar-refractivity contribution is 5.96. The molecule has 0 aromatic heterocycles. The average Bonchev–Trinajstić information content (AvgIpc) is 3.43. The Morgan fingerprint density at radius 2 is 1.63 bits per heavy atom. The second-order valence-electron chi connectivity index (χ2n) is 12.4. The lowest BCUT2D eigenvalue weighted by molar-refractivity contribution is -0.144. The highest BCUT2D eigenvalue weighted by Gasteiger charge is 2.41. The molecule has 0 bridgehead atoms. The minimum absolute atomic E-state index is 0.0524. The van der Waals surface area contributed by atoms with Gasteiger partial charge in [-0.05, 0) is 104 Å². The molecule has 3 aromatic carbocycles. The second-order valence-corrected chi connectivity index (χ2v) is 12.4. The van der Waals surface area contributed by atoms with E-state index in [1.807, 2.05) is 18.2 Å². The molecular formula is C38H42F3NO7. The van der Waals surface area contributed by atoms with E-state index < -0.39 is 30.6 Å². The lowest BCUT2D eigenvalue weighted by Crippen LogP contribution is -2.33. The van der Waals surface area contributed by atoms with Crippen molar-refractivity contribution >= 4 is 17.8 Å². The highest BCUT2D eigenvalue weighted by Crippen LogP contribution is 2.43. The number of carbonyl (C=O) groups is 3. The van der Waals surface area contributed by atoms with E-state index in [9.17, 15) is 27.6 Å². The predicted octanol–water partition coefficient (Wildman–Crippen LogP) is 7.52. The first-order chi connectivity index (χ1) is 23.5. The molecule has 1 amide bonds. The first-order valence-electron chi connectivity index (χ1n) is 16.9. The van der Waals surface area contributed by atoms with Crippen molar-refractivity contribution in [2.45, 2.75) is 76.7 Å². The van der Waals surface area contributed by atoms with E-state index in [1.165, 1.54) is 12.1 Å². The molecule has 1 aliphatic carbocycles. The molecule has 1 saturated heterocycles. The fourth-order valence-electron chi connectivity index (χ4n) is 6.29. The first kappa shape index (κ1) is 35.8. The molecule has 0 N–H and O–H groups in total. The van der Waals surface area contributed by atoms with Crippen LogP contribution in [0.4, 0.5) is 13.2 Å². The van der Waals surface area contributed by atoms with Crippen LogP contribution in [0.1, 0.15) is 79.8 Å². The fraction of sp³-hybridized carbons (Fsp3) is 0.447. The van der Waals surface area contributed by atoms with Crippen LogP contribution < -0.4 is 9.47 Å². The van der Waals surface area contributed by atoms with Crippen molar-refractivity contribution in [1.29, 1.82) is 0 Å². The summed E-state index contributed by atoms with van der Waals surface area (Å²) in [6.45, 7) is 3.74. The maximum Gasteiger partial charge on any atom is 0.306 e. The van der Waals surface area contributed by atoms with E-state index in [4.69, 9.17) is 18.9 Å². The molecule has 2 aliphatic rings. The van der Waals surface area contributed by atoms with Gasteiger partial charge < -0.3 is 23.8 Å². The molecule has 1 saturated carbocycles. The van der Waals surface area contributed by atoms with Crippen LogP contribution in [0.3, 0.4) is 0 Å². The van der Waals surface area contributed by atoms with Crippen LogP contribution in [0.25, 0.3) is 11.1 Å². The monoisotopic (exact) mass is 681 g/mol. The van der Waals surface area contributed by atoms with Crippen molar-refractivity contribution in [3.05, 3.63) is 83.2 Å². The molecule has 0 atom stereocenters. The number of rotatable bonds is 15. The lowest BCUT2D eigenvalue weighted by atomic mass is 9.75. The zero-order chi connectivity index (χ0) is 35.0. The van der Waals surface area contributed by atoms with Gasteiger partial charge in [-0.25, -0.2) is 13.2 Å². The van der Waals surface area contributed by atoms with E-state index in [1.54, 1.807) is 44.2 Å². The minimum Gasteiger partial charge on any atom is -0.493 e. The number of alkyl halides is 2. The van der Waals surface area contributed by atoms with E-state index in [2.05, 4.69) is 0 Å². The van der Waals surface area contributed by atoms with Gasteiger partial charge >= 0.3 is 11.9 Å². The SMILES string of the molecule is CCOC(=O)CCCOc1cccc(C2CC(Oc3cc(C(=O)N4CCC(F)(F)C4)cc(-c4cccc(F)c4)c3)C2)c1CCC(=O)OCC. The third kappa shape index (κ3) is 9.55. The summed E-state index contributed by atoms with van der Waals surface area (Å²) in [5.74, 6) is -3.35.